The van der Waals surface area contributed by atoms with Gasteiger partial charge >= 0.3 is 0 Å². The highest BCUT2D eigenvalue weighted by Gasteiger charge is 2.31. The van der Waals surface area contributed by atoms with Gasteiger partial charge in [-0.3, -0.25) is 0 Å². The molecule has 0 bridgehead atoms. The van der Waals surface area contributed by atoms with Crippen LogP contribution in [0.5, 0.6) is 23.0 Å². The molecule has 0 aromatic heterocycles. The van der Waals surface area contributed by atoms with Crippen LogP contribution in [0.25, 0.3) is 0 Å². The maximum Gasteiger partial charge on any atom is 0.174 e. The zero-order valence-electron chi connectivity index (χ0n) is 20.9. The number of hydrogen-bond donors (Lipinski definition) is 1. The lowest BCUT2D eigenvalue weighted by Crippen LogP contribution is -2.44. The minimum atomic E-state index is -0.105. The summed E-state index contributed by atoms with van der Waals surface area (Å²) in [4.78, 5) is 2.20. The summed E-state index contributed by atoms with van der Waals surface area (Å²) in [5.74, 6) is 2.98. The molecule has 1 heterocycles. The molecule has 0 radical (unpaired) electrons. The van der Waals surface area contributed by atoms with Crippen LogP contribution in [-0.2, 0) is 6.42 Å². The summed E-state index contributed by atoms with van der Waals surface area (Å²) in [5.41, 5.74) is 5.69. The minimum Gasteiger partial charge on any atom is -0.497 e. The summed E-state index contributed by atoms with van der Waals surface area (Å²) in [6.45, 7) is 5.35. The van der Waals surface area contributed by atoms with Crippen LogP contribution in [0, 0.1) is 13.8 Å². The van der Waals surface area contributed by atoms with Gasteiger partial charge in [-0.25, -0.2) is 0 Å². The quantitative estimate of drug-likeness (QED) is 0.424. The van der Waals surface area contributed by atoms with E-state index in [1.165, 1.54) is 16.7 Å². The third kappa shape index (κ3) is 5.62. The van der Waals surface area contributed by atoms with Gasteiger partial charge in [0, 0.05) is 12.2 Å². The number of benzene rings is 3. The Labute approximate surface area is 212 Å². The second-order valence-corrected chi connectivity index (χ2v) is 9.04. The van der Waals surface area contributed by atoms with E-state index in [-0.39, 0.29) is 6.04 Å². The van der Waals surface area contributed by atoms with E-state index in [0.717, 1.165) is 41.5 Å². The molecule has 6 nitrogen and oxygen atoms in total. The summed E-state index contributed by atoms with van der Waals surface area (Å²) in [5, 5.41) is 4.11. The molecule has 35 heavy (non-hydrogen) atoms. The lowest BCUT2D eigenvalue weighted by atomic mass is 9.92. The molecule has 1 aliphatic rings. The average Bonchev–Trinajstić information content (AvgIpc) is 2.85. The lowest BCUT2D eigenvalue weighted by molar-refractivity contribution is 0.190. The summed E-state index contributed by atoms with van der Waals surface area (Å²) in [6.07, 6.45) is 0.837. The van der Waals surface area contributed by atoms with Crippen LogP contribution in [0.1, 0.15) is 28.3 Å². The van der Waals surface area contributed by atoms with Crippen molar-refractivity contribution >= 4 is 23.0 Å². The van der Waals surface area contributed by atoms with Gasteiger partial charge in [-0.1, -0.05) is 6.07 Å². The molecule has 0 saturated heterocycles. The van der Waals surface area contributed by atoms with Gasteiger partial charge in [0.25, 0.3) is 0 Å². The molecule has 0 unspecified atom stereocenters. The fraction of sp³-hybridized carbons (Fsp3) is 0.321. The predicted octanol–water partition coefficient (Wildman–Crippen LogP) is 5.70. The minimum absolute atomic E-state index is 0.105. The molecule has 0 fully saturated rings. The van der Waals surface area contributed by atoms with Crippen molar-refractivity contribution in [2.24, 2.45) is 0 Å². The normalized spacial score (nSPS) is 14.7. The van der Waals surface area contributed by atoms with Crippen LogP contribution in [0.15, 0.2) is 54.6 Å². The van der Waals surface area contributed by atoms with Gasteiger partial charge in [-0.15, -0.1) is 0 Å². The van der Waals surface area contributed by atoms with E-state index in [1.807, 2.05) is 30.3 Å². The van der Waals surface area contributed by atoms with E-state index >= 15 is 0 Å². The first-order valence-electron chi connectivity index (χ1n) is 11.6. The van der Waals surface area contributed by atoms with Crippen molar-refractivity contribution in [3.05, 3.63) is 76.9 Å². The monoisotopic (exact) mass is 492 g/mol. The number of thiocarbonyl (C=S) groups is 1. The van der Waals surface area contributed by atoms with Crippen molar-refractivity contribution in [1.29, 1.82) is 0 Å². The fourth-order valence-corrected chi connectivity index (χ4v) is 4.88. The number of fused-ring (bicyclic) bond motifs is 1. The number of rotatable bonds is 7. The molecule has 3 aromatic rings. The van der Waals surface area contributed by atoms with Crippen LogP contribution >= 0.6 is 12.2 Å². The Morgan fingerprint density at radius 3 is 2.14 bits per heavy atom. The number of nitrogens with zero attached hydrogens (tertiary/aromatic N) is 1. The van der Waals surface area contributed by atoms with Crippen molar-refractivity contribution in [2.45, 2.75) is 26.3 Å². The molecule has 1 atom stereocenters. The van der Waals surface area contributed by atoms with E-state index < -0.39 is 0 Å². The third-order valence-corrected chi connectivity index (χ3v) is 6.54. The SMILES string of the molecule is COc1ccc(OC[C@@H]2c3cc(OC)c(OC)cc3CCN2C(=S)Nc2cc(C)cc(C)c2)cc1. The summed E-state index contributed by atoms with van der Waals surface area (Å²) >= 11 is 5.91. The molecule has 0 spiro atoms. The Morgan fingerprint density at radius 2 is 1.51 bits per heavy atom. The van der Waals surface area contributed by atoms with Gasteiger partial charge in [0.15, 0.2) is 16.6 Å². The molecule has 3 aromatic carbocycles. The van der Waals surface area contributed by atoms with Gasteiger partial charge in [0.1, 0.15) is 18.1 Å². The Hall–Kier alpha value is -3.45. The highest BCUT2D eigenvalue weighted by molar-refractivity contribution is 7.80. The Balaban J connectivity index is 1.64. The molecule has 7 heteroatoms. The van der Waals surface area contributed by atoms with Crippen molar-refractivity contribution in [1.82, 2.24) is 4.90 Å². The number of ether oxygens (including phenoxy) is 4. The summed E-state index contributed by atoms with van der Waals surface area (Å²) in [7, 11) is 4.96. The number of methoxy groups -OCH3 is 3. The van der Waals surface area contributed by atoms with Crippen LogP contribution in [-0.4, -0.2) is 44.5 Å². The number of nitrogens with one attached hydrogen (secondary N) is 1. The first-order chi connectivity index (χ1) is 16.9. The molecule has 0 aliphatic carbocycles. The maximum atomic E-state index is 6.24. The lowest BCUT2D eigenvalue weighted by Gasteiger charge is -2.39. The Bertz CT molecular complexity index is 1180. The van der Waals surface area contributed by atoms with E-state index in [0.29, 0.717) is 17.5 Å². The largest absolute Gasteiger partial charge is 0.497 e. The molecule has 4 rings (SSSR count). The third-order valence-electron chi connectivity index (χ3n) is 6.20. The van der Waals surface area contributed by atoms with E-state index in [9.17, 15) is 0 Å². The molecule has 1 aliphatic heterocycles. The standard InChI is InChI=1S/C28H32N2O4S/c1-18-12-19(2)14-21(13-18)29-28(35)30-11-10-20-15-26(32-4)27(33-5)16-24(20)25(30)17-34-23-8-6-22(31-3)7-9-23/h6-9,12-16,25H,10-11,17H2,1-5H3,(H,29,35)/t25-/m1/s1. The molecule has 184 valence electrons. The predicted molar refractivity (Wildman–Crippen MR) is 143 cm³/mol. The number of anilines is 1. The van der Waals surface area contributed by atoms with E-state index in [1.54, 1.807) is 21.3 Å². The summed E-state index contributed by atoms with van der Waals surface area (Å²) in [6, 6.07) is 18.0. The summed E-state index contributed by atoms with van der Waals surface area (Å²) < 4.78 is 22.7. The Morgan fingerprint density at radius 1 is 0.886 bits per heavy atom. The second kappa shape index (κ2) is 10.9. The van der Waals surface area contributed by atoms with Gasteiger partial charge < -0.3 is 29.2 Å². The maximum absolute atomic E-state index is 6.24. The first-order valence-corrected chi connectivity index (χ1v) is 12.0. The number of aryl methyl sites for hydroxylation is 2. The van der Waals surface area contributed by atoms with Gasteiger partial charge in [-0.2, -0.15) is 0 Å². The zero-order chi connectivity index (χ0) is 24.9. The van der Waals surface area contributed by atoms with E-state index in [4.69, 9.17) is 31.2 Å². The fourth-order valence-electron chi connectivity index (χ4n) is 4.54. The van der Waals surface area contributed by atoms with Gasteiger partial charge in [-0.05, 0) is 103 Å². The molecular weight excluding hydrogens is 460 g/mol. The molecule has 0 amide bonds. The first kappa shape index (κ1) is 24.7. The highest BCUT2D eigenvalue weighted by Crippen LogP contribution is 2.39. The van der Waals surface area contributed by atoms with Crippen LogP contribution in [0.2, 0.25) is 0 Å². The topological polar surface area (TPSA) is 52.2 Å². The van der Waals surface area contributed by atoms with Crippen molar-refractivity contribution in [3.8, 4) is 23.0 Å². The zero-order valence-corrected chi connectivity index (χ0v) is 21.7. The molecule has 0 saturated carbocycles. The Kier molecular flexibility index (Phi) is 7.66. The van der Waals surface area contributed by atoms with Crippen LogP contribution < -0.4 is 24.3 Å². The van der Waals surface area contributed by atoms with Crippen LogP contribution in [0.3, 0.4) is 0 Å². The van der Waals surface area contributed by atoms with Gasteiger partial charge in [0.2, 0.25) is 0 Å². The van der Waals surface area contributed by atoms with Crippen molar-refractivity contribution in [3.63, 3.8) is 0 Å². The van der Waals surface area contributed by atoms with Crippen molar-refractivity contribution < 1.29 is 18.9 Å². The smallest absolute Gasteiger partial charge is 0.174 e. The molecule has 1 N–H and O–H groups in total. The number of hydrogen-bond acceptors (Lipinski definition) is 5. The van der Waals surface area contributed by atoms with Gasteiger partial charge in [0.05, 0.1) is 27.4 Å². The average molecular weight is 493 g/mol. The van der Waals surface area contributed by atoms with Crippen LogP contribution in [0.4, 0.5) is 5.69 Å². The van der Waals surface area contributed by atoms with E-state index in [2.05, 4.69) is 48.3 Å². The highest BCUT2D eigenvalue weighted by atomic mass is 32.1. The molecular formula is C28H32N2O4S. The second-order valence-electron chi connectivity index (χ2n) is 8.66. The van der Waals surface area contributed by atoms with Crippen molar-refractivity contribution in [2.75, 3.05) is 39.8 Å².